The maximum atomic E-state index is 3.78. The Bertz CT molecular complexity index is 299. The van der Waals surface area contributed by atoms with Gasteiger partial charge in [0.25, 0.3) is 0 Å². The van der Waals surface area contributed by atoms with Crippen LogP contribution in [0.2, 0.25) is 0 Å². The van der Waals surface area contributed by atoms with Crippen LogP contribution in [0.3, 0.4) is 0 Å². The Morgan fingerprint density at radius 2 is 2.27 bits per heavy atom. The number of hydrogen-bond donors (Lipinski definition) is 2. The quantitative estimate of drug-likeness (QED) is 0.778. The summed E-state index contributed by atoms with van der Waals surface area (Å²) >= 11 is 0. The molecule has 1 aromatic rings. The van der Waals surface area contributed by atoms with Crippen molar-refractivity contribution < 1.29 is 0 Å². The summed E-state index contributed by atoms with van der Waals surface area (Å²) in [5.74, 6) is 0. The Morgan fingerprint density at radius 3 is 3.00 bits per heavy atom. The summed E-state index contributed by atoms with van der Waals surface area (Å²) in [6.07, 6.45) is 8.37. The minimum atomic E-state index is 0.588. The van der Waals surface area contributed by atoms with Crippen molar-refractivity contribution in [1.29, 1.82) is 0 Å². The zero-order valence-electron chi connectivity index (χ0n) is 9.84. The average Bonchev–Trinajstić information content (AvgIpc) is 2.74. The van der Waals surface area contributed by atoms with Gasteiger partial charge in [0.05, 0.1) is 0 Å². The molecule has 84 valence electrons. The molecule has 15 heavy (non-hydrogen) atoms. The van der Waals surface area contributed by atoms with E-state index >= 15 is 0 Å². The Labute approximate surface area is 92.5 Å². The van der Waals surface area contributed by atoms with Gasteiger partial charge in [-0.3, -0.25) is 0 Å². The third kappa shape index (κ3) is 2.25. The number of aromatic nitrogens is 1. The number of hydrogen-bond acceptors (Lipinski definition) is 1. The van der Waals surface area contributed by atoms with E-state index in [1.165, 1.54) is 43.4 Å². The molecule has 1 heterocycles. The van der Waals surface area contributed by atoms with Crippen molar-refractivity contribution in [3.05, 3.63) is 23.5 Å². The Morgan fingerprint density at radius 1 is 1.47 bits per heavy atom. The number of rotatable bonds is 4. The van der Waals surface area contributed by atoms with Gasteiger partial charge in [0.2, 0.25) is 0 Å². The molecule has 0 saturated carbocycles. The molecule has 0 amide bonds. The molecular weight excluding hydrogens is 184 g/mol. The van der Waals surface area contributed by atoms with Crippen LogP contribution in [0.1, 0.15) is 56.8 Å². The predicted molar refractivity (Wildman–Crippen MR) is 64.0 cm³/mol. The molecule has 1 aliphatic rings. The van der Waals surface area contributed by atoms with E-state index in [1.54, 1.807) is 0 Å². The number of aromatic amines is 1. The van der Waals surface area contributed by atoms with Gasteiger partial charge in [-0.2, -0.15) is 0 Å². The van der Waals surface area contributed by atoms with Crippen LogP contribution in [0, 0.1) is 0 Å². The van der Waals surface area contributed by atoms with Crippen molar-refractivity contribution >= 4 is 0 Å². The van der Waals surface area contributed by atoms with E-state index in [4.69, 9.17) is 0 Å². The first-order valence-corrected chi connectivity index (χ1v) is 6.27. The summed E-state index contributed by atoms with van der Waals surface area (Å²) in [6.45, 7) is 4.53. The van der Waals surface area contributed by atoms with E-state index in [9.17, 15) is 0 Å². The molecule has 1 aliphatic carbocycles. The first-order valence-electron chi connectivity index (χ1n) is 6.27. The zero-order chi connectivity index (χ0) is 10.7. The maximum Gasteiger partial charge on any atom is 0.0340 e. The second-order valence-corrected chi connectivity index (χ2v) is 4.54. The Balaban J connectivity index is 2.06. The lowest BCUT2D eigenvalue weighted by molar-refractivity contribution is 0.379. The molecule has 2 rings (SSSR count). The minimum Gasteiger partial charge on any atom is -0.365 e. The van der Waals surface area contributed by atoms with Gasteiger partial charge in [-0.05, 0) is 43.7 Å². The summed E-state index contributed by atoms with van der Waals surface area (Å²) in [4.78, 5) is 3.36. The lowest BCUT2D eigenvalue weighted by Gasteiger charge is -2.28. The molecule has 0 aliphatic heterocycles. The van der Waals surface area contributed by atoms with Crippen molar-refractivity contribution in [2.75, 3.05) is 0 Å². The topological polar surface area (TPSA) is 27.8 Å². The van der Waals surface area contributed by atoms with E-state index in [1.807, 2.05) is 0 Å². The Hall–Kier alpha value is -0.760. The van der Waals surface area contributed by atoms with E-state index in [0.717, 1.165) is 0 Å². The van der Waals surface area contributed by atoms with Gasteiger partial charge in [-0.15, -0.1) is 0 Å². The molecule has 1 unspecified atom stereocenters. The largest absolute Gasteiger partial charge is 0.365 e. The minimum absolute atomic E-state index is 0.588. The van der Waals surface area contributed by atoms with Crippen LogP contribution in [-0.4, -0.2) is 11.0 Å². The van der Waals surface area contributed by atoms with Gasteiger partial charge < -0.3 is 10.3 Å². The molecule has 0 fully saturated rings. The molecule has 2 N–H and O–H groups in total. The van der Waals surface area contributed by atoms with E-state index in [0.29, 0.717) is 12.1 Å². The smallest absolute Gasteiger partial charge is 0.0340 e. The van der Waals surface area contributed by atoms with Crippen LogP contribution in [0.25, 0.3) is 0 Å². The first-order chi connectivity index (χ1) is 7.35. The monoisotopic (exact) mass is 206 g/mol. The van der Waals surface area contributed by atoms with Crippen molar-refractivity contribution in [3.8, 4) is 0 Å². The Kier molecular flexibility index (Phi) is 3.47. The van der Waals surface area contributed by atoms with Crippen LogP contribution in [0.4, 0.5) is 0 Å². The summed E-state index contributed by atoms with van der Waals surface area (Å²) in [6, 6.07) is 3.51. The predicted octanol–water partition coefficient (Wildman–Crippen LogP) is 3.17. The second kappa shape index (κ2) is 4.84. The van der Waals surface area contributed by atoms with Crippen molar-refractivity contribution in [1.82, 2.24) is 10.3 Å². The standard InChI is InChI=1S/C13H22N2/c1-3-10(4-2)15-13-7-5-6-12-11(13)8-9-14-12/h8-10,13-15H,3-7H2,1-2H3. The van der Waals surface area contributed by atoms with Crippen LogP contribution in [-0.2, 0) is 6.42 Å². The van der Waals surface area contributed by atoms with E-state index in [-0.39, 0.29) is 0 Å². The molecule has 2 nitrogen and oxygen atoms in total. The van der Waals surface area contributed by atoms with Crippen molar-refractivity contribution in [2.24, 2.45) is 0 Å². The fourth-order valence-corrected chi connectivity index (χ4v) is 2.58. The van der Waals surface area contributed by atoms with E-state index < -0.39 is 0 Å². The molecular formula is C13H22N2. The zero-order valence-corrected chi connectivity index (χ0v) is 9.84. The van der Waals surface area contributed by atoms with Crippen LogP contribution in [0.15, 0.2) is 12.3 Å². The number of nitrogens with one attached hydrogen (secondary N) is 2. The molecule has 0 bridgehead atoms. The molecule has 0 radical (unpaired) electrons. The third-order valence-electron chi connectivity index (χ3n) is 3.59. The highest BCUT2D eigenvalue weighted by Gasteiger charge is 2.22. The number of fused-ring (bicyclic) bond motifs is 1. The molecule has 1 atom stereocenters. The highest BCUT2D eigenvalue weighted by Crippen LogP contribution is 2.29. The van der Waals surface area contributed by atoms with Crippen molar-refractivity contribution in [2.45, 2.75) is 58.0 Å². The second-order valence-electron chi connectivity index (χ2n) is 4.54. The molecule has 2 heteroatoms. The highest BCUT2D eigenvalue weighted by atomic mass is 15.0. The molecule has 0 spiro atoms. The normalized spacial score (nSPS) is 20.6. The first kappa shape index (κ1) is 10.7. The van der Waals surface area contributed by atoms with Crippen LogP contribution < -0.4 is 5.32 Å². The van der Waals surface area contributed by atoms with Gasteiger partial charge >= 0.3 is 0 Å². The summed E-state index contributed by atoms with van der Waals surface area (Å²) in [5, 5.41) is 3.78. The SMILES string of the molecule is CCC(CC)NC1CCCc2[nH]ccc21. The maximum absolute atomic E-state index is 3.78. The van der Waals surface area contributed by atoms with Crippen LogP contribution >= 0.6 is 0 Å². The fraction of sp³-hybridized carbons (Fsp3) is 0.692. The van der Waals surface area contributed by atoms with Gasteiger partial charge in [-0.25, -0.2) is 0 Å². The lowest BCUT2D eigenvalue weighted by Crippen LogP contribution is -2.33. The van der Waals surface area contributed by atoms with Crippen molar-refractivity contribution in [3.63, 3.8) is 0 Å². The summed E-state index contributed by atoms with van der Waals surface area (Å²) in [5.41, 5.74) is 2.96. The molecule has 1 aromatic heterocycles. The van der Waals surface area contributed by atoms with Gasteiger partial charge in [0.1, 0.15) is 0 Å². The third-order valence-corrected chi connectivity index (χ3v) is 3.59. The van der Waals surface area contributed by atoms with Gasteiger partial charge in [0.15, 0.2) is 0 Å². The van der Waals surface area contributed by atoms with Crippen LogP contribution in [0.5, 0.6) is 0 Å². The van der Waals surface area contributed by atoms with E-state index in [2.05, 4.69) is 36.4 Å². The number of aryl methyl sites for hydroxylation is 1. The fourth-order valence-electron chi connectivity index (χ4n) is 2.58. The summed E-state index contributed by atoms with van der Waals surface area (Å²) in [7, 11) is 0. The molecule has 0 saturated heterocycles. The highest BCUT2D eigenvalue weighted by molar-refractivity contribution is 5.27. The number of H-pyrrole nitrogens is 1. The van der Waals surface area contributed by atoms with Gasteiger partial charge in [0, 0.05) is 24.0 Å². The molecule has 0 aromatic carbocycles. The average molecular weight is 206 g/mol. The van der Waals surface area contributed by atoms with Gasteiger partial charge in [-0.1, -0.05) is 13.8 Å². The summed E-state index contributed by atoms with van der Waals surface area (Å²) < 4.78 is 0. The lowest BCUT2D eigenvalue weighted by atomic mass is 9.92.